The normalized spacial score (nSPS) is 28.8. The molecule has 1 aromatic rings. The summed E-state index contributed by atoms with van der Waals surface area (Å²) in [7, 11) is 0. The monoisotopic (exact) mass is 247 g/mol. The molecule has 1 amide bonds. The van der Waals surface area contributed by atoms with Crippen molar-refractivity contribution in [2.24, 2.45) is 0 Å². The Balaban J connectivity index is 1.72. The molecule has 2 aliphatic rings. The Labute approximate surface area is 106 Å². The van der Waals surface area contributed by atoms with Crippen molar-refractivity contribution in [3.63, 3.8) is 0 Å². The highest BCUT2D eigenvalue weighted by Gasteiger charge is 2.60. The van der Waals surface area contributed by atoms with E-state index in [1.165, 1.54) is 12.0 Å². The number of epoxide rings is 1. The maximum Gasteiger partial charge on any atom is 0.251 e. The number of fused-ring (bicyclic) bond motifs is 1. The summed E-state index contributed by atoms with van der Waals surface area (Å²) >= 11 is 0. The third-order valence-corrected chi connectivity index (χ3v) is 3.86. The molecule has 3 rings (SSSR count). The number of benzene rings is 1. The van der Waals surface area contributed by atoms with Crippen LogP contribution in [0.25, 0.3) is 0 Å². The summed E-state index contributed by atoms with van der Waals surface area (Å²) in [6.07, 6.45) is 3.86. The van der Waals surface area contributed by atoms with Crippen LogP contribution in [0, 0.1) is 0 Å². The third-order valence-electron chi connectivity index (χ3n) is 3.86. The maximum absolute atomic E-state index is 11.7. The molecule has 18 heavy (non-hydrogen) atoms. The van der Waals surface area contributed by atoms with Gasteiger partial charge in [-0.2, -0.15) is 0 Å². The quantitative estimate of drug-likeness (QED) is 0.786. The van der Waals surface area contributed by atoms with Crippen LogP contribution in [0.5, 0.6) is 0 Å². The van der Waals surface area contributed by atoms with Crippen molar-refractivity contribution in [3.05, 3.63) is 35.4 Å². The molecule has 0 bridgehead atoms. The number of amides is 1. The first-order chi connectivity index (χ1) is 8.76. The number of aliphatic hydroxyl groups excluding tert-OH is 1. The van der Waals surface area contributed by atoms with Gasteiger partial charge in [0.1, 0.15) is 5.60 Å². The van der Waals surface area contributed by atoms with Gasteiger partial charge >= 0.3 is 0 Å². The zero-order valence-corrected chi connectivity index (χ0v) is 10.2. The molecule has 4 heteroatoms. The van der Waals surface area contributed by atoms with Gasteiger partial charge in [-0.25, -0.2) is 0 Å². The summed E-state index contributed by atoms with van der Waals surface area (Å²) in [6, 6.07) is 7.63. The lowest BCUT2D eigenvalue weighted by Crippen LogP contribution is -2.26. The predicted octanol–water partition coefficient (Wildman–Crippen LogP) is 1.19. The molecular formula is C14H17NO3. The van der Waals surface area contributed by atoms with Crippen LogP contribution in [0.15, 0.2) is 24.3 Å². The van der Waals surface area contributed by atoms with Gasteiger partial charge in [-0.05, 0) is 37.0 Å². The first kappa shape index (κ1) is 11.7. The Hall–Kier alpha value is -1.39. The second-order valence-electron chi connectivity index (χ2n) is 4.95. The van der Waals surface area contributed by atoms with E-state index in [9.17, 15) is 4.79 Å². The SMILES string of the molecule is O=C(NCCO)c1ccc(C23CCCC2O3)cc1. The van der Waals surface area contributed by atoms with E-state index < -0.39 is 0 Å². The van der Waals surface area contributed by atoms with E-state index in [0.29, 0.717) is 11.7 Å². The van der Waals surface area contributed by atoms with E-state index in [4.69, 9.17) is 9.84 Å². The summed E-state index contributed by atoms with van der Waals surface area (Å²) in [5, 5.41) is 11.3. The van der Waals surface area contributed by atoms with Crippen molar-refractivity contribution in [2.45, 2.75) is 31.0 Å². The van der Waals surface area contributed by atoms with Crippen molar-refractivity contribution in [1.82, 2.24) is 5.32 Å². The van der Waals surface area contributed by atoms with E-state index in [-0.39, 0.29) is 24.7 Å². The van der Waals surface area contributed by atoms with Gasteiger partial charge in [0.15, 0.2) is 0 Å². The van der Waals surface area contributed by atoms with Crippen LogP contribution in [-0.2, 0) is 10.3 Å². The summed E-state index contributed by atoms with van der Waals surface area (Å²) in [5.41, 5.74) is 1.77. The lowest BCUT2D eigenvalue weighted by atomic mass is 9.96. The summed E-state index contributed by atoms with van der Waals surface area (Å²) in [6.45, 7) is 0.248. The molecular weight excluding hydrogens is 230 g/mol. The van der Waals surface area contributed by atoms with Crippen LogP contribution in [0.4, 0.5) is 0 Å². The molecule has 0 aromatic heterocycles. The molecule has 0 radical (unpaired) electrons. The fourth-order valence-electron chi connectivity index (χ4n) is 2.86. The smallest absolute Gasteiger partial charge is 0.251 e. The molecule has 2 atom stereocenters. The summed E-state index contributed by atoms with van der Waals surface area (Å²) < 4.78 is 5.76. The minimum atomic E-state index is -0.146. The van der Waals surface area contributed by atoms with E-state index in [0.717, 1.165) is 12.8 Å². The topological polar surface area (TPSA) is 61.9 Å². The molecule has 1 aliphatic carbocycles. The lowest BCUT2D eigenvalue weighted by molar-refractivity contribution is 0.0944. The number of rotatable bonds is 4. The van der Waals surface area contributed by atoms with Crippen LogP contribution in [-0.4, -0.2) is 30.3 Å². The predicted molar refractivity (Wildman–Crippen MR) is 66.3 cm³/mol. The minimum Gasteiger partial charge on any atom is -0.395 e. The van der Waals surface area contributed by atoms with Crippen molar-refractivity contribution < 1.29 is 14.6 Å². The number of nitrogens with one attached hydrogen (secondary N) is 1. The van der Waals surface area contributed by atoms with E-state index in [1.807, 2.05) is 24.3 Å². The highest BCUT2D eigenvalue weighted by molar-refractivity contribution is 5.94. The van der Waals surface area contributed by atoms with Gasteiger partial charge in [-0.15, -0.1) is 0 Å². The highest BCUT2D eigenvalue weighted by atomic mass is 16.6. The highest BCUT2D eigenvalue weighted by Crippen LogP contribution is 2.57. The fraction of sp³-hybridized carbons (Fsp3) is 0.500. The van der Waals surface area contributed by atoms with Crippen molar-refractivity contribution >= 4 is 5.91 Å². The van der Waals surface area contributed by atoms with Gasteiger partial charge < -0.3 is 15.2 Å². The number of carbonyl (C=O) groups excluding carboxylic acids is 1. The van der Waals surface area contributed by atoms with Gasteiger partial charge in [0.25, 0.3) is 5.91 Å². The second kappa shape index (κ2) is 4.37. The molecule has 4 nitrogen and oxygen atoms in total. The molecule has 1 saturated carbocycles. The van der Waals surface area contributed by atoms with Gasteiger partial charge in [0.2, 0.25) is 0 Å². The fourth-order valence-corrected chi connectivity index (χ4v) is 2.86. The molecule has 2 fully saturated rings. The maximum atomic E-state index is 11.7. The first-order valence-corrected chi connectivity index (χ1v) is 6.44. The van der Waals surface area contributed by atoms with Gasteiger partial charge in [0, 0.05) is 12.1 Å². The minimum absolute atomic E-state index is 0.0392. The Morgan fingerprint density at radius 2 is 2.22 bits per heavy atom. The number of hydrogen-bond acceptors (Lipinski definition) is 3. The molecule has 96 valence electrons. The van der Waals surface area contributed by atoms with Gasteiger partial charge in [0.05, 0.1) is 12.7 Å². The molecule has 1 aliphatic heterocycles. The van der Waals surface area contributed by atoms with Crippen molar-refractivity contribution in [2.75, 3.05) is 13.2 Å². The second-order valence-corrected chi connectivity index (χ2v) is 4.95. The summed E-state index contributed by atoms with van der Waals surface area (Å²) in [5.74, 6) is -0.146. The molecule has 1 heterocycles. The Bertz CT molecular complexity index is 457. The average molecular weight is 247 g/mol. The Morgan fingerprint density at radius 3 is 2.78 bits per heavy atom. The molecule has 0 spiro atoms. The van der Waals surface area contributed by atoms with Gasteiger partial charge in [-0.3, -0.25) is 4.79 Å². The number of carbonyl (C=O) groups is 1. The van der Waals surface area contributed by atoms with E-state index >= 15 is 0 Å². The van der Waals surface area contributed by atoms with Crippen molar-refractivity contribution in [3.8, 4) is 0 Å². The van der Waals surface area contributed by atoms with Crippen LogP contribution in [0.2, 0.25) is 0 Å². The first-order valence-electron chi connectivity index (χ1n) is 6.44. The molecule has 2 unspecified atom stereocenters. The number of aliphatic hydroxyl groups is 1. The zero-order valence-electron chi connectivity index (χ0n) is 10.2. The van der Waals surface area contributed by atoms with Crippen LogP contribution < -0.4 is 5.32 Å². The van der Waals surface area contributed by atoms with Gasteiger partial charge in [-0.1, -0.05) is 12.1 Å². The average Bonchev–Trinajstić information content (AvgIpc) is 2.98. The van der Waals surface area contributed by atoms with Crippen molar-refractivity contribution in [1.29, 1.82) is 0 Å². The molecule has 2 N–H and O–H groups in total. The van der Waals surface area contributed by atoms with Crippen LogP contribution in [0.1, 0.15) is 35.2 Å². The molecule has 1 saturated heterocycles. The Morgan fingerprint density at radius 1 is 1.44 bits per heavy atom. The standard InChI is InChI=1S/C14H17NO3/c16-9-8-15-13(17)10-3-5-11(6-4-10)14-7-1-2-12(14)18-14/h3-6,12,16H,1-2,7-9H2,(H,15,17). The Kier molecular flexibility index (Phi) is 2.84. The zero-order chi connectivity index (χ0) is 12.6. The van der Waals surface area contributed by atoms with Crippen LogP contribution in [0.3, 0.4) is 0 Å². The number of ether oxygens (including phenoxy) is 1. The third kappa shape index (κ3) is 1.82. The van der Waals surface area contributed by atoms with Crippen LogP contribution >= 0.6 is 0 Å². The number of hydrogen-bond donors (Lipinski definition) is 2. The lowest BCUT2D eigenvalue weighted by Gasteiger charge is -2.10. The van der Waals surface area contributed by atoms with E-state index in [2.05, 4.69) is 5.32 Å². The van der Waals surface area contributed by atoms with E-state index in [1.54, 1.807) is 0 Å². The largest absolute Gasteiger partial charge is 0.395 e. The molecule has 1 aromatic carbocycles. The summed E-state index contributed by atoms with van der Waals surface area (Å²) in [4.78, 5) is 11.7.